The summed E-state index contributed by atoms with van der Waals surface area (Å²) in [6, 6.07) is 7.75. The van der Waals surface area contributed by atoms with Crippen LogP contribution in [0, 0.1) is 18.3 Å². The van der Waals surface area contributed by atoms with Gasteiger partial charge in [0.2, 0.25) is 0 Å². The number of hydrogen-bond donors (Lipinski definition) is 0. The van der Waals surface area contributed by atoms with Gasteiger partial charge in [-0.1, -0.05) is 30.4 Å². The molecule has 18 heavy (non-hydrogen) atoms. The minimum Gasteiger partial charge on any atom is -0.298 e. The van der Waals surface area contributed by atoms with Crippen LogP contribution in [0.1, 0.15) is 27.9 Å². The van der Waals surface area contributed by atoms with Crippen LogP contribution in [-0.4, -0.2) is 6.29 Å². The molecule has 1 aromatic rings. The summed E-state index contributed by atoms with van der Waals surface area (Å²) >= 11 is 0. The fraction of sp³-hybridized carbons (Fsp3) is 0.125. The topological polar surface area (TPSA) is 40.9 Å². The normalized spacial score (nSPS) is 14.2. The smallest absolute Gasteiger partial charge is 0.150 e. The highest BCUT2D eigenvalue weighted by atomic mass is 16.1. The van der Waals surface area contributed by atoms with E-state index in [1.54, 1.807) is 6.07 Å². The summed E-state index contributed by atoms with van der Waals surface area (Å²) in [7, 11) is 0. The molecule has 0 saturated carbocycles. The van der Waals surface area contributed by atoms with Crippen LogP contribution in [0.3, 0.4) is 0 Å². The molecule has 1 aliphatic rings. The summed E-state index contributed by atoms with van der Waals surface area (Å²) in [6.07, 6.45) is 9.43. The molecular formula is C16H13NO. The van der Waals surface area contributed by atoms with E-state index in [9.17, 15) is 10.1 Å². The number of carbonyl (C=O) groups excluding carboxylic acids is 1. The van der Waals surface area contributed by atoms with Crippen LogP contribution in [0.5, 0.6) is 0 Å². The highest BCUT2D eigenvalue weighted by molar-refractivity contribution is 5.86. The minimum atomic E-state index is 0.658. The van der Waals surface area contributed by atoms with Crippen LogP contribution in [0.2, 0.25) is 0 Å². The molecule has 0 atom stereocenters. The second kappa shape index (κ2) is 5.29. The molecule has 0 N–H and O–H groups in total. The molecular weight excluding hydrogens is 222 g/mol. The quantitative estimate of drug-likeness (QED) is 0.735. The fourth-order valence-electron chi connectivity index (χ4n) is 2.04. The Morgan fingerprint density at radius 1 is 1.39 bits per heavy atom. The lowest BCUT2D eigenvalue weighted by atomic mass is 9.93. The number of aldehydes is 1. The lowest BCUT2D eigenvalue weighted by Gasteiger charge is -2.09. The standard InChI is InChI=1S/C16H13NO/c1-12-9-13(11-18)7-8-15(12)16-6-4-2-3-5-14(16)10-17/h2-3,5-9,11H,4H2,1H3. The van der Waals surface area contributed by atoms with E-state index in [1.165, 1.54) is 0 Å². The Morgan fingerprint density at radius 3 is 2.89 bits per heavy atom. The van der Waals surface area contributed by atoms with Gasteiger partial charge in [0.25, 0.3) is 0 Å². The average Bonchev–Trinajstić information content (AvgIpc) is 2.63. The zero-order valence-electron chi connectivity index (χ0n) is 10.2. The van der Waals surface area contributed by atoms with Gasteiger partial charge in [0.05, 0.1) is 11.6 Å². The van der Waals surface area contributed by atoms with E-state index >= 15 is 0 Å². The van der Waals surface area contributed by atoms with Crippen LogP contribution in [0.15, 0.2) is 48.1 Å². The molecule has 2 nitrogen and oxygen atoms in total. The predicted octanol–water partition coefficient (Wildman–Crippen LogP) is 3.60. The second-order valence-electron chi connectivity index (χ2n) is 4.17. The Balaban J connectivity index is 2.52. The summed E-state index contributed by atoms with van der Waals surface area (Å²) in [5.74, 6) is 0. The monoisotopic (exact) mass is 235 g/mol. The van der Waals surface area contributed by atoms with E-state index < -0.39 is 0 Å². The van der Waals surface area contributed by atoms with Crippen LogP contribution >= 0.6 is 0 Å². The Hall–Kier alpha value is -2.40. The van der Waals surface area contributed by atoms with Crippen molar-refractivity contribution in [1.82, 2.24) is 0 Å². The largest absolute Gasteiger partial charge is 0.298 e. The van der Waals surface area contributed by atoms with Crippen molar-refractivity contribution in [3.63, 3.8) is 0 Å². The fourth-order valence-corrected chi connectivity index (χ4v) is 2.04. The maximum atomic E-state index is 10.7. The molecule has 88 valence electrons. The maximum absolute atomic E-state index is 10.7. The number of rotatable bonds is 2. The number of nitriles is 1. The summed E-state index contributed by atoms with van der Waals surface area (Å²) in [5.41, 5.74) is 4.28. The van der Waals surface area contributed by atoms with Crippen molar-refractivity contribution < 1.29 is 4.79 Å². The summed E-state index contributed by atoms with van der Waals surface area (Å²) in [4.78, 5) is 10.7. The molecule has 2 rings (SSSR count). The van der Waals surface area contributed by atoms with E-state index in [-0.39, 0.29) is 0 Å². The molecule has 0 aliphatic heterocycles. The summed E-state index contributed by atoms with van der Waals surface area (Å²) in [5, 5.41) is 9.19. The van der Waals surface area contributed by atoms with Gasteiger partial charge >= 0.3 is 0 Å². The molecule has 0 radical (unpaired) electrons. The van der Waals surface area contributed by atoms with Crippen LogP contribution < -0.4 is 0 Å². The van der Waals surface area contributed by atoms with Gasteiger partial charge in [-0.2, -0.15) is 5.26 Å². The van der Waals surface area contributed by atoms with Gasteiger partial charge in [0, 0.05) is 5.56 Å². The lowest BCUT2D eigenvalue weighted by Crippen LogP contribution is -1.93. The molecule has 0 unspecified atom stereocenters. The molecule has 1 aliphatic carbocycles. The zero-order valence-corrected chi connectivity index (χ0v) is 10.2. The molecule has 0 spiro atoms. The summed E-state index contributed by atoms with van der Waals surface area (Å²) < 4.78 is 0. The van der Waals surface area contributed by atoms with Gasteiger partial charge in [-0.25, -0.2) is 0 Å². The third kappa shape index (κ3) is 2.31. The highest BCUT2D eigenvalue weighted by Gasteiger charge is 2.11. The number of hydrogen-bond acceptors (Lipinski definition) is 2. The molecule has 2 heteroatoms. The summed E-state index contributed by atoms with van der Waals surface area (Å²) in [6.45, 7) is 1.95. The lowest BCUT2D eigenvalue weighted by molar-refractivity contribution is 0.112. The van der Waals surface area contributed by atoms with E-state index in [1.807, 2.05) is 43.4 Å². The molecule has 0 aromatic heterocycles. The van der Waals surface area contributed by atoms with Crippen molar-refractivity contribution in [1.29, 1.82) is 5.26 Å². The predicted molar refractivity (Wildman–Crippen MR) is 72.0 cm³/mol. The third-order valence-electron chi connectivity index (χ3n) is 2.94. The zero-order chi connectivity index (χ0) is 13.0. The molecule has 0 saturated heterocycles. The number of benzene rings is 1. The Morgan fingerprint density at radius 2 is 2.22 bits per heavy atom. The van der Waals surface area contributed by atoms with Crippen LogP contribution in [0.25, 0.3) is 5.57 Å². The van der Waals surface area contributed by atoms with Crippen molar-refractivity contribution in [3.8, 4) is 6.07 Å². The Labute approximate surface area is 107 Å². The van der Waals surface area contributed by atoms with Crippen LogP contribution in [0.4, 0.5) is 0 Å². The van der Waals surface area contributed by atoms with Gasteiger partial charge in [-0.15, -0.1) is 0 Å². The van der Waals surface area contributed by atoms with Crippen molar-refractivity contribution in [2.75, 3.05) is 0 Å². The number of carbonyl (C=O) groups is 1. The van der Waals surface area contributed by atoms with Crippen molar-refractivity contribution >= 4 is 11.9 Å². The van der Waals surface area contributed by atoms with Gasteiger partial charge < -0.3 is 0 Å². The third-order valence-corrected chi connectivity index (χ3v) is 2.94. The van der Waals surface area contributed by atoms with Crippen molar-refractivity contribution in [2.24, 2.45) is 0 Å². The highest BCUT2D eigenvalue weighted by Crippen LogP contribution is 2.28. The van der Waals surface area contributed by atoms with Crippen molar-refractivity contribution in [2.45, 2.75) is 13.3 Å². The van der Waals surface area contributed by atoms with Gasteiger partial charge in [0.15, 0.2) is 0 Å². The van der Waals surface area contributed by atoms with Crippen LogP contribution in [-0.2, 0) is 0 Å². The van der Waals surface area contributed by atoms with E-state index in [0.29, 0.717) is 11.1 Å². The SMILES string of the molecule is Cc1cc(C=O)ccc1C1=CCC=CC=C1C#N. The molecule has 0 amide bonds. The van der Waals surface area contributed by atoms with E-state index in [4.69, 9.17) is 0 Å². The first kappa shape index (κ1) is 12.1. The van der Waals surface area contributed by atoms with E-state index in [2.05, 4.69) is 6.07 Å². The van der Waals surface area contributed by atoms with Gasteiger partial charge in [-0.3, -0.25) is 4.79 Å². The number of aryl methyl sites for hydroxylation is 1. The van der Waals surface area contributed by atoms with Crippen molar-refractivity contribution in [3.05, 3.63) is 64.8 Å². The second-order valence-corrected chi connectivity index (χ2v) is 4.17. The first-order chi connectivity index (χ1) is 8.76. The molecule has 0 heterocycles. The van der Waals surface area contributed by atoms with E-state index in [0.717, 1.165) is 29.4 Å². The first-order valence-corrected chi connectivity index (χ1v) is 5.80. The minimum absolute atomic E-state index is 0.658. The molecule has 0 fully saturated rings. The maximum Gasteiger partial charge on any atom is 0.150 e. The molecule has 0 bridgehead atoms. The Bertz CT molecular complexity index is 612. The van der Waals surface area contributed by atoms with Gasteiger partial charge in [0.1, 0.15) is 6.29 Å². The molecule has 1 aromatic carbocycles. The average molecular weight is 235 g/mol. The van der Waals surface area contributed by atoms with Gasteiger partial charge in [-0.05, 0) is 42.2 Å². The number of nitrogens with zero attached hydrogens (tertiary/aromatic N) is 1. The first-order valence-electron chi connectivity index (χ1n) is 5.80. The Kier molecular flexibility index (Phi) is 3.54. The number of allylic oxidation sites excluding steroid dienone is 6.